The average molecular weight is 285 g/mol. The van der Waals surface area contributed by atoms with Crippen molar-refractivity contribution in [3.63, 3.8) is 0 Å². The zero-order valence-electron chi connectivity index (χ0n) is 12.8. The van der Waals surface area contributed by atoms with E-state index in [1.54, 1.807) is 19.2 Å². The molecule has 0 amide bonds. The Morgan fingerprint density at radius 1 is 1.00 bits per heavy atom. The van der Waals surface area contributed by atoms with Gasteiger partial charge in [0.1, 0.15) is 5.75 Å². The quantitative estimate of drug-likeness (QED) is 0.853. The Balaban J connectivity index is 2.25. The van der Waals surface area contributed by atoms with Crippen LogP contribution in [0.4, 0.5) is 0 Å². The van der Waals surface area contributed by atoms with Gasteiger partial charge in [-0.3, -0.25) is 0 Å². The number of aromatic hydroxyl groups is 1. The summed E-state index contributed by atoms with van der Waals surface area (Å²) >= 11 is 0. The molecule has 0 saturated carbocycles. The van der Waals surface area contributed by atoms with Crippen LogP contribution in [0.2, 0.25) is 0 Å². The van der Waals surface area contributed by atoms with Crippen molar-refractivity contribution in [1.29, 1.82) is 0 Å². The molecule has 0 bridgehead atoms. The van der Waals surface area contributed by atoms with Crippen molar-refractivity contribution < 1.29 is 9.84 Å². The molecule has 0 aromatic heterocycles. The molecule has 3 nitrogen and oxygen atoms in total. The van der Waals surface area contributed by atoms with Crippen molar-refractivity contribution in [2.24, 2.45) is 0 Å². The second kappa shape index (κ2) is 6.74. The minimum atomic E-state index is -0.232. The second-order valence-electron chi connectivity index (χ2n) is 5.78. The zero-order chi connectivity index (χ0) is 15.3. The van der Waals surface area contributed by atoms with Gasteiger partial charge in [0.05, 0.1) is 11.6 Å². The highest BCUT2D eigenvalue weighted by atomic mass is 16.5. The number of phenols is 1. The predicted molar refractivity (Wildman–Crippen MR) is 85.5 cm³/mol. The lowest BCUT2D eigenvalue weighted by molar-refractivity contribution is 0.0219. The Morgan fingerprint density at radius 3 is 2.14 bits per heavy atom. The Labute approximate surface area is 126 Å². The molecule has 112 valence electrons. The molecule has 0 heterocycles. The third-order valence-corrected chi connectivity index (χ3v) is 3.64. The summed E-state index contributed by atoms with van der Waals surface area (Å²) in [5.74, 6) is 0.280. The summed E-state index contributed by atoms with van der Waals surface area (Å²) in [5.41, 5.74) is 2.07. The zero-order valence-corrected chi connectivity index (χ0v) is 12.8. The van der Waals surface area contributed by atoms with Gasteiger partial charge in [-0.25, -0.2) is 0 Å². The SMILES string of the molecule is COC(C)(C)CNC(c1ccccc1)c1ccc(O)cc1. The largest absolute Gasteiger partial charge is 0.508 e. The number of ether oxygens (including phenoxy) is 1. The van der Waals surface area contributed by atoms with E-state index in [-0.39, 0.29) is 17.4 Å². The van der Waals surface area contributed by atoms with E-state index in [1.807, 2.05) is 30.3 Å². The molecule has 2 rings (SSSR count). The monoisotopic (exact) mass is 285 g/mol. The molecule has 0 aliphatic rings. The Hall–Kier alpha value is -1.84. The van der Waals surface area contributed by atoms with E-state index in [0.29, 0.717) is 0 Å². The summed E-state index contributed by atoms with van der Waals surface area (Å²) in [6, 6.07) is 17.7. The molecule has 0 aliphatic heterocycles. The van der Waals surface area contributed by atoms with Crippen molar-refractivity contribution in [2.45, 2.75) is 25.5 Å². The molecule has 3 heteroatoms. The summed E-state index contributed by atoms with van der Waals surface area (Å²) < 4.78 is 5.48. The number of methoxy groups -OCH3 is 1. The van der Waals surface area contributed by atoms with E-state index in [2.05, 4.69) is 31.3 Å². The minimum Gasteiger partial charge on any atom is -0.508 e. The number of hydrogen-bond acceptors (Lipinski definition) is 3. The molecule has 1 unspecified atom stereocenters. The average Bonchev–Trinajstić information content (AvgIpc) is 2.50. The Kier molecular flexibility index (Phi) is 4.99. The molecule has 2 N–H and O–H groups in total. The number of hydrogen-bond donors (Lipinski definition) is 2. The third kappa shape index (κ3) is 4.31. The van der Waals surface area contributed by atoms with E-state index >= 15 is 0 Å². The summed E-state index contributed by atoms with van der Waals surface area (Å²) in [7, 11) is 1.72. The molecule has 0 saturated heterocycles. The fourth-order valence-electron chi connectivity index (χ4n) is 2.16. The van der Waals surface area contributed by atoms with Gasteiger partial charge in [0.2, 0.25) is 0 Å². The van der Waals surface area contributed by atoms with Crippen molar-refractivity contribution in [3.05, 3.63) is 65.7 Å². The van der Waals surface area contributed by atoms with Crippen LogP contribution in [-0.4, -0.2) is 24.4 Å². The molecular weight excluding hydrogens is 262 g/mol. The van der Waals surface area contributed by atoms with Crippen molar-refractivity contribution >= 4 is 0 Å². The van der Waals surface area contributed by atoms with Gasteiger partial charge in [0.15, 0.2) is 0 Å². The van der Waals surface area contributed by atoms with Crippen LogP contribution in [0, 0.1) is 0 Å². The van der Waals surface area contributed by atoms with Gasteiger partial charge in [-0.2, -0.15) is 0 Å². The smallest absolute Gasteiger partial charge is 0.115 e. The molecule has 2 aromatic carbocycles. The third-order valence-electron chi connectivity index (χ3n) is 3.64. The maximum Gasteiger partial charge on any atom is 0.115 e. The van der Waals surface area contributed by atoms with E-state index in [4.69, 9.17) is 4.74 Å². The summed E-state index contributed by atoms with van der Waals surface area (Å²) in [6.45, 7) is 4.84. The number of nitrogens with one attached hydrogen (secondary N) is 1. The van der Waals surface area contributed by atoms with Gasteiger partial charge in [0.25, 0.3) is 0 Å². The van der Waals surface area contributed by atoms with Crippen LogP contribution in [-0.2, 0) is 4.74 Å². The van der Waals surface area contributed by atoms with Crippen LogP contribution < -0.4 is 5.32 Å². The summed E-state index contributed by atoms with van der Waals surface area (Å²) in [4.78, 5) is 0. The first-order valence-electron chi connectivity index (χ1n) is 7.14. The predicted octanol–water partition coefficient (Wildman–Crippen LogP) is 3.50. The molecule has 1 atom stereocenters. The van der Waals surface area contributed by atoms with Gasteiger partial charge in [-0.05, 0) is 37.1 Å². The van der Waals surface area contributed by atoms with Gasteiger partial charge < -0.3 is 15.2 Å². The van der Waals surface area contributed by atoms with Crippen LogP contribution in [0.3, 0.4) is 0 Å². The topological polar surface area (TPSA) is 41.5 Å². The van der Waals surface area contributed by atoms with Crippen LogP contribution in [0.15, 0.2) is 54.6 Å². The lowest BCUT2D eigenvalue weighted by Crippen LogP contribution is -2.38. The summed E-state index contributed by atoms with van der Waals surface area (Å²) in [6.07, 6.45) is 0. The highest BCUT2D eigenvalue weighted by Crippen LogP contribution is 2.24. The van der Waals surface area contributed by atoms with E-state index in [0.717, 1.165) is 12.1 Å². The van der Waals surface area contributed by atoms with Crippen molar-refractivity contribution in [2.75, 3.05) is 13.7 Å². The normalized spacial score (nSPS) is 13.1. The first-order valence-corrected chi connectivity index (χ1v) is 7.14. The standard InChI is InChI=1S/C18H23NO2/c1-18(2,21-3)13-19-17(14-7-5-4-6-8-14)15-9-11-16(20)12-10-15/h4-12,17,19-20H,13H2,1-3H3. The number of rotatable bonds is 6. The molecule has 2 aromatic rings. The molecule has 0 aliphatic carbocycles. The lowest BCUT2D eigenvalue weighted by atomic mass is 9.97. The maximum atomic E-state index is 9.47. The minimum absolute atomic E-state index is 0.0706. The fourth-order valence-corrected chi connectivity index (χ4v) is 2.16. The Morgan fingerprint density at radius 2 is 1.57 bits per heavy atom. The van der Waals surface area contributed by atoms with Crippen molar-refractivity contribution in [3.8, 4) is 5.75 Å². The molecule has 0 radical (unpaired) electrons. The van der Waals surface area contributed by atoms with Crippen LogP contribution in [0.1, 0.15) is 31.0 Å². The van der Waals surface area contributed by atoms with E-state index in [1.165, 1.54) is 5.56 Å². The molecule has 0 fully saturated rings. The second-order valence-corrected chi connectivity index (χ2v) is 5.78. The van der Waals surface area contributed by atoms with Gasteiger partial charge in [-0.15, -0.1) is 0 Å². The maximum absolute atomic E-state index is 9.47. The fraction of sp³-hybridized carbons (Fsp3) is 0.333. The van der Waals surface area contributed by atoms with Gasteiger partial charge in [0, 0.05) is 13.7 Å². The Bertz CT molecular complexity index is 549. The number of benzene rings is 2. The molecule has 21 heavy (non-hydrogen) atoms. The molecular formula is C18H23NO2. The molecule has 0 spiro atoms. The van der Waals surface area contributed by atoms with E-state index in [9.17, 15) is 5.11 Å². The first-order chi connectivity index (χ1) is 10.0. The summed E-state index contributed by atoms with van der Waals surface area (Å²) in [5, 5.41) is 13.0. The van der Waals surface area contributed by atoms with Crippen LogP contribution in [0.5, 0.6) is 5.75 Å². The van der Waals surface area contributed by atoms with Crippen molar-refractivity contribution in [1.82, 2.24) is 5.32 Å². The van der Waals surface area contributed by atoms with Gasteiger partial charge >= 0.3 is 0 Å². The van der Waals surface area contributed by atoms with Crippen LogP contribution >= 0.6 is 0 Å². The van der Waals surface area contributed by atoms with E-state index < -0.39 is 0 Å². The lowest BCUT2D eigenvalue weighted by Gasteiger charge is -2.28. The van der Waals surface area contributed by atoms with Crippen LogP contribution in [0.25, 0.3) is 0 Å². The highest BCUT2D eigenvalue weighted by Gasteiger charge is 2.20. The first kappa shape index (κ1) is 15.5. The highest BCUT2D eigenvalue weighted by molar-refractivity contribution is 5.35. The van der Waals surface area contributed by atoms with Gasteiger partial charge in [-0.1, -0.05) is 42.5 Å². The number of phenolic OH excluding ortho intramolecular Hbond substituents is 1.